The topological polar surface area (TPSA) is 117 Å². The van der Waals surface area contributed by atoms with Crippen LogP contribution in [0.5, 0.6) is 11.5 Å². The fraction of sp³-hybridized carbons (Fsp3) is 0.263. The molecule has 28 heavy (non-hydrogen) atoms. The van der Waals surface area contributed by atoms with Gasteiger partial charge in [-0.1, -0.05) is 11.6 Å². The van der Waals surface area contributed by atoms with Crippen LogP contribution in [0.3, 0.4) is 0 Å². The normalized spacial score (nSPS) is 11.3. The van der Waals surface area contributed by atoms with Crippen LogP contribution in [0.15, 0.2) is 36.4 Å². The monoisotopic (exact) mass is 388 g/mol. The van der Waals surface area contributed by atoms with E-state index in [0.29, 0.717) is 5.75 Å². The number of amides is 1. The quantitative estimate of drug-likeness (QED) is 0.440. The van der Waals surface area contributed by atoms with Gasteiger partial charge in [0.05, 0.1) is 24.8 Å². The number of aryl methyl sites for hydroxylation is 1. The van der Waals surface area contributed by atoms with Gasteiger partial charge in [0.15, 0.2) is 6.10 Å². The molecular formula is C19H20N2O7. The molecule has 1 atom stereocenters. The van der Waals surface area contributed by atoms with E-state index in [9.17, 15) is 19.7 Å². The molecule has 0 unspecified atom stereocenters. The number of nitro groups is 1. The molecule has 148 valence electrons. The number of methoxy groups -OCH3 is 2. The van der Waals surface area contributed by atoms with E-state index in [4.69, 9.17) is 14.2 Å². The van der Waals surface area contributed by atoms with Crippen molar-refractivity contribution < 1.29 is 28.7 Å². The van der Waals surface area contributed by atoms with Gasteiger partial charge in [0, 0.05) is 12.1 Å². The predicted octanol–water partition coefficient (Wildman–Crippen LogP) is 3.10. The van der Waals surface area contributed by atoms with Gasteiger partial charge in [-0.2, -0.15) is 0 Å². The van der Waals surface area contributed by atoms with Crippen LogP contribution in [0.4, 0.5) is 11.4 Å². The summed E-state index contributed by atoms with van der Waals surface area (Å²) in [5, 5.41) is 13.4. The van der Waals surface area contributed by atoms with Crippen molar-refractivity contribution in [3.05, 3.63) is 57.6 Å². The van der Waals surface area contributed by atoms with Gasteiger partial charge in [0.1, 0.15) is 17.1 Å². The van der Waals surface area contributed by atoms with E-state index in [1.807, 2.05) is 0 Å². The third-order valence-corrected chi connectivity index (χ3v) is 3.88. The summed E-state index contributed by atoms with van der Waals surface area (Å²) in [5.74, 6) is -0.839. The number of benzene rings is 2. The van der Waals surface area contributed by atoms with Gasteiger partial charge in [-0.25, -0.2) is 4.79 Å². The smallest absolute Gasteiger partial charge is 0.342 e. The standard InChI is InChI=1S/C19H20N2O7/c1-11-5-7-16(26-3)14(9-11)19(23)28-12(2)18(22)20-15-10-13(21(24)25)6-8-17(15)27-4/h5-10,12H,1-4H3,(H,20,22)/t12-/m1/s1. The highest BCUT2D eigenvalue weighted by molar-refractivity contribution is 5.99. The van der Waals surface area contributed by atoms with E-state index < -0.39 is 22.9 Å². The number of nitrogens with zero attached hydrogens (tertiary/aromatic N) is 1. The Hall–Kier alpha value is -3.62. The number of rotatable bonds is 7. The molecule has 0 aromatic heterocycles. The van der Waals surface area contributed by atoms with Crippen molar-refractivity contribution in [3.63, 3.8) is 0 Å². The van der Waals surface area contributed by atoms with E-state index in [0.717, 1.165) is 11.6 Å². The molecule has 0 fully saturated rings. The third-order valence-electron chi connectivity index (χ3n) is 3.88. The van der Waals surface area contributed by atoms with Crippen molar-refractivity contribution in [2.24, 2.45) is 0 Å². The van der Waals surface area contributed by atoms with Crippen molar-refractivity contribution in [3.8, 4) is 11.5 Å². The molecule has 0 aliphatic carbocycles. The highest BCUT2D eigenvalue weighted by Gasteiger charge is 2.23. The van der Waals surface area contributed by atoms with Gasteiger partial charge in [-0.3, -0.25) is 14.9 Å². The van der Waals surface area contributed by atoms with Gasteiger partial charge in [0.2, 0.25) is 0 Å². The van der Waals surface area contributed by atoms with Crippen molar-refractivity contribution in [2.45, 2.75) is 20.0 Å². The summed E-state index contributed by atoms with van der Waals surface area (Å²) in [4.78, 5) is 35.2. The van der Waals surface area contributed by atoms with Crippen LogP contribution in [0.25, 0.3) is 0 Å². The number of non-ortho nitro benzene ring substituents is 1. The molecule has 0 aliphatic rings. The minimum atomic E-state index is -1.17. The fourth-order valence-electron chi connectivity index (χ4n) is 2.40. The van der Waals surface area contributed by atoms with Crippen LogP contribution < -0.4 is 14.8 Å². The van der Waals surface area contributed by atoms with Crippen LogP contribution >= 0.6 is 0 Å². The number of nitrogens with one attached hydrogen (secondary N) is 1. The molecule has 0 spiro atoms. The Morgan fingerprint density at radius 1 is 1.07 bits per heavy atom. The van der Waals surface area contributed by atoms with Crippen molar-refractivity contribution in [1.82, 2.24) is 0 Å². The summed E-state index contributed by atoms with van der Waals surface area (Å²) in [6.07, 6.45) is -1.17. The number of carbonyl (C=O) groups excluding carboxylic acids is 2. The zero-order valence-corrected chi connectivity index (χ0v) is 15.8. The Morgan fingerprint density at radius 2 is 1.71 bits per heavy atom. The number of hydrogen-bond acceptors (Lipinski definition) is 7. The van der Waals surface area contributed by atoms with E-state index in [-0.39, 0.29) is 22.7 Å². The molecule has 2 aromatic rings. The Labute approximate surface area is 161 Å². The molecule has 9 heteroatoms. The molecule has 2 rings (SSSR count). The number of esters is 1. The minimum absolute atomic E-state index is 0.0951. The van der Waals surface area contributed by atoms with E-state index in [1.54, 1.807) is 25.1 Å². The van der Waals surface area contributed by atoms with Crippen LogP contribution in [0.1, 0.15) is 22.8 Å². The molecule has 0 saturated heterocycles. The lowest BCUT2D eigenvalue weighted by Gasteiger charge is -2.16. The molecular weight excluding hydrogens is 368 g/mol. The zero-order chi connectivity index (χ0) is 20.8. The summed E-state index contributed by atoms with van der Waals surface area (Å²) in [6.45, 7) is 3.19. The van der Waals surface area contributed by atoms with Crippen molar-refractivity contribution in [1.29, 1.82) is 0 Å². The number of ether oxygens (including phenoxy) is 3. The second-order valence-corrected chi connectivity index (χ2v) is 5.88. The zero-order valence-electron chi connectivity index (χ0n) is 15.8. The number of nitro benzene ring substituents is 1. The first-order valence-electron chi connectivity index (χ1n) is 8.25. The largest absolute Gasteiger partial charge is 0.496 e. The molecule has 9 nitrogen and oxygen atoms in total. The number of anilines is 1. The molecule has 0 radical (unpaired) electrons. The van der Waals surface area contributed by atoms with Crippen molar-refractivity contribution >= 4 is 23.3 Å². The molecule has 0 heterocycles. The molecule has 0 saturated carbocycles. The Bertz CT molecular complexity index is 911. The van der Waals surface area contributed by atoms with Crippen LogP contribution in [-0.2, 0) is 9.53 Å². The second kappa shape index (κ2) is 8.85. The van der Waals surface area contributed by atoms with E-state index >= 15 is 0 Å². The third kappa shape index (κ3) is 4.76. The summed E-state index contributed by atoms with van der Waals surface area (Å²) in [7, 11) is 2.79. The Kier molecular flexibility index (Phi) is 6.54. The lowest BCUT2D eigenvalue weighted by molar-refractivity contribution is -0.384. The predicted molar refractivity (Wildman–Crippen MR) is 101 cm³/mol. The van der Waals surface area contributed by atoms with E-state index in [2.05, 4.69) is 5.32 Å². The summed E-state index contributed by atoms with van der Waals surface area (Å²) < 4.78 is 15.4. The lowest BCUT2D eigenvalue weighted by atomic mass is 10.1. The van der Waals surface area contributed by atoms with Gasteiger partial charge >= 0.3 is 5.97 Å². The second-order valence-electron chi connectivity index (χ2n) is 5.88. The van der Waals surface area contributed by atoms with Gasteiger partial charge < -0.3 is 19.5 Å². The summed E-state index contributed by atoms with van der Waals surface area (Å²) in [5.41, 5.74) is 0.893. The first kappa shape index (κ1) is 20.7. The number of carbonyl (C=O) groups is 2. The Morgan fingerprint density at radius 3 is 2.32 bits per heavy atom. The van der Waals surface area contributed by atoms with Gasteiger partial charge in [0.25, 0.3) is 11.6 Å². The summed E-state index contributed by atoms with van der Waals surface area (Å²) in [6, 6.07) is 8.78. The average molecular weight is 388 g/mol. The highest BCUT2D eigenvalue weighted by atomic mass is 16.6. The number of hydrogen-bond donors (Lipinski definition) is 1. The Balaban J connectivity index is 2.15. The fourth-order valence-corrected chi connectivity index (χ4v) is 2.40. The highest BCUT2D eigenvalue weighted by Crippen LogP contribution is 2.29. The van der Waals surface area contributed by atoms with Crippen LogP contribution in [0.2, 0.25) is 0 Å². The van der Waals surface area contributed by atoms with Crippen molar-refractivity contribution in [2.75, 3.05) is 19.5 Å². The van der Waals surface area contributed by atoms with Gasteiger partial charge in [-0.05, 0) is 32.0 Å². The maximum atomic E-state index is 12.4. The van der Waals surface area contributed by atoms with Crippen LogP contribution in [0, 0.1) is 17.0 Å². The maximum Gasteiger partial charge on any atom is 0.342 e. The minimum Gasteiger partial charge on any atom is -0.496 e. The molecule has 2 aromatic carbocycles. The maximum absolute atomic E-state index is 12.4. The lowest BCUT2D eigenvalue weighted by Crippen LogP contribution is -2.30. The SMILES string of the molecule is COc1ccc([N+](=O)[O-])cc1NC(=O)[C@@H](C)OC(=O)c1cc(C)ccc1OC. The van der Waals surface area contributed by atoms with Gasteiger partial charge in [-0.15, -0.1) is 0 Å². The molecule has 0 bridgehead atoms. The first-order chi connectivity index (χ1) is 13.3. The molecule has 0 aliphatic heterocycles. The van der Waals surface area contributed by atoms with Crippen LogP contribution in [-0.4, -0.2) is 37.1 Å². The average Bonchev–Trinajstić information content (AvgIpc) is 2.67. The molecule has 1 amide bonds. The summed E-state index contributed by atoms with van der Waals surface area (Å²) >= 11 is 0. The first-order valence-corrected chi connectivity index (χ1v) is 8.25. The molecule has 1 N–H and O–H groups in total. The van der Waals surface area contributed by atoms with E-state index in [1.165, 1.54) is 33.3 Å².